The monoisotopic (exact) mass is 531 g/mol. The number of amides is 1. The number of esters is 2. The lowest BCUT2D eigenvalue weighted by Crippen LogP contribution is -2.25. The number of aldehydes is 1. The molecule has 0 spiro atoms. The van der Waals surface area contributed by atoms with E-state index >= 15 is 0 Å². The van der Waals surface area contributed by atoms with Gasteiger partial charge >= 0.3 is 17.2 Å². The van der Waals surface area contributed by atoms with E-state index in [4.69, 9.17) is 19.4 Å². The van der Waals surface area contributed by atoms with E-state index in [0.29, 0.717) is 19.5 Å². The number of nitrogens with one attached hydrogen (secondary N) is 1. The van der Waals surface area contributed by atoms with Crippen molar-refractivity contribution in [1.29, 1.82) is 0 Å². The Kier molecular flexibility index (Phi) is 26.3. The number of aryl methyl sites for hydroxylation is 1. The molecule has 11 nitrogen and oxygen atoms in total. The molecule has 206 valence electrons. The molecule has 0 fully saturated rings. The number of benzene rings is 1. The predicted molar refractivity (Wildman–Crippen MR) is 141 cm³/mol. The minimum absolute atomic E-state index is 0.114. The zero-order chi connectivity index (χ0) is 28.5. The van der Waals surface area contributed by atoms with Gasteiger partial charge in [-0.1, -0.05) is 19.9 Å². The molecule has 12 heteroatoms. The van der Waals surface area contributed by atoms with Crippen LogP contribution in [0.1, 0.15) is 59.4 Å². The normalized spacial score (nSPS) is 9.14. The van der Waals surface area contributed by atoms with Gasteiger partial charge < -0.3 is 30.4 Å². The molecule has 4 N–H and O–H groups in total. The Morgan fingerprint density at radius 3 is 2.08 bits per heavy atom. The van der Waals surface area contributed by atoms with E-state index in [1.807, 2.05) is 13.8 Å². The van der Waals surface area contributed by atoms with Crippen LogP contribution >= 0.6 is 11.9 Å². The Labute approximate surface area is 218 Å². The third kappa shape index (κ3) is 22.8. The fourth-order valence-electron chi connectivity index (χ4n) is 2.39. The minimum atomic E-state index is -0.946. The van der Waals surface area contributed by atoms with Crippen LogP contribution in [-0.2, 0) is 25.6 Å². The molecule has 1 amide bonds. The lowest BCUT2D eigenvalue weighted by Gasteiger charge is -2.12. The fourth-order valence-corrected chi connectivity index (χ4v) is 2.88. The lowest BCUT2D eigenvalue weighted by molar-refractivity contribution is -0.134. The maximum atomic E-state index is 12.0. The minimum Gasteiger partial charge on any atom is -0.472 e. The summed E-state index contributed by atoms with van der Waals surface area (Å²) in [5.74, 6) is -0.906. The molecule has 0 aliphatic rings. The highest BCUT2D eigenvalue weighted by Crippen LogP contribution is 2.29. The first-order valence-corrected chi connectivity index (χ1v) is 12.2. The van der Waals surface area contributed by atoms with Crippen LogP contribution < -0.4 is 20.5 Å². The second kappa shape index (κ2) is 25.1. The van der Waals surface area contributed by atoms with E-state index < -0.39 is 17.2 Å². The number of rotatable bonds is 11. The smallest absolute Gasteiger partial charge is 0.380 e. The van der Waals surface area contributed by atoms with Crippen LogP contribution in [0.4, 0.5) is 4.79 Å². The van der Waals surface area contributed by atoms with Gasteiger partial charge in [0.25, 0.3) is 0 Å². The topological polar surface area (TPSA) is 165 Å². The molecular weight excluding hydrogens is 490 g/mol. The van der Waals surface area contributed by atoms with Crippen molar-refractivity contribution in [1.82, 2.24) is 9.62 Å². The number of carboxylic acid groups (broad SMARTS) is 1. The van der Waals surface area contributed by atoms with Crippen LogP contribution in [0.25, 0.3) is 0 Å². The molecule has 1 aromatic carbocycles. The summed E-state index contributed by atoms with van der Waals surface area (Å²) < 4.78 is 11.7. The number of ether oxygens (including phenoxy) is 2. The summed E-state index contributed by atoms with van der Waals surface area (Å²) in [6.07, 6.45) is 2.93. The van der Waals surface area contributed by atoms with Gasteiger partial charge in [0.2, 0.25) is 5.91 Å². The van der Waals surface area contributed by atoms with Gasteiger partial charge in [-0.3, -0.25) is 14.4 Å². The quantitative estimate of drug-likeness (QED) is 0.126. The highest BCUT2D eigenvalue weighted by molar-refractivity contribution is 8.11. The highest BCUT2D eigenvalue weighted by atomic mass is 32.2. The van der Waals surface area contributed by atoms with E-state index in [1.54, 1.807) is 23.5 Å². The van der Waals surface area contributed by atoms with Crippen LogP contribution in [0, 0.1) is 0 Å². The first-order valence-electron chi connectivity index (χ1n) is 11.4. The summed E-state index contributed by atoms with van der Waals surface area (Å²) in [6, 6.07) is 4.80. The van der Waals surface area contributed by atoms with Crippen LogP contribution in [0.2, 0.25) is 0 Å². The molecule has 0 radical (unpaired) electrons. The summed E-state index contributed by atoms with van der Waals surface area (Å²) in [6.45, 7) is 9.06. The Morgan fingerprint density at radius 1 is 1.06 bits per heavy atom. The van der Waals surface area contributed by atoms with E-state index in [0.717, 1.165) is 36.6 Å². The molecular formula is C24H41N3O8S. The first-order chi connectivity index (χ1) is 17.1. The average Bonchev–Trinajstić information content (AvgIpc) is 2.81. The van der Waals surface area contributed by atoms with Gasteiger partial charge in [0.05, 0.1) is 0 Å². The number of hydrogen-bond acceptors (Lipinski definition) is 10. The molecule has 0 aliphatic heterocycles. The first kappa shape index (κ1) is 37.6. The van der Waals surface area contributed by atoms with Gasteiger partial charge in [-0.2, -0.15) is 0 Å². The van der Waals surface area contributed by atoms with Crippen molar-refractivity contribution in [3.8, 4) is 11.5 Å². The summed E-state index contributed by atoms with van der Waals surface area (Å²) in [7, 11) is 3.20. The summed E-state index contributed by atoms with van der Waals surface area (Å²) in [4.78, 5) is 53.7. The van der Waals surface area contributed by atoms with E-state index in [9.17, 15) is 19.2 Å². The maximum absolute atomic E-state index is 12.0. The van der Waals surface area contributed by atoms with Crippen molar-refractivity contribution >= 4 is 41.4 Å². The highest BCUT2D eigenvalue weighted by Gasteiger charge is 2.12. The number of nitrogens with zero attached hydrogens (tertiary/aromatic N) is 1. The van der Waals surface area contributed by atoms with Crippen molar-refractivity contribution in [2.45, 2.75) is 60.3 Å². The number of carbonyl (C=O) groups excluding carboxylic acids is 4. The lowest BCUT2D eigenvalue weighted by atomic mass is 10.1. The van der Waals surface area contributed by atoms with E-state index in [-0.39, 0.29) is 23.8 Å². The van der Waals surface area contributed by atoms with Crippen LogP contribution in [0.15, 0.2) is 18.2 Å². The van der Waals surface area contributed by atoms with Crippen molar-refractivity contribution in [3.63, 3.8) is 0 Å². The SMILES string of the molecule is CC.CC(=O)Oc1ccc(CCC(=O)NCCCCN(C)SC(=O)O)cc1OC(C)=O.CC=O.CN. The largest absolute Gasteiger partial charge is 0.472 e. The predicted octanol–water partition coefficient (Wildman–Crippen LogP) is 3.43. The van der Waals surface area contributed by atoms with Crippen molar-refractivity contribution in [2.75, 3.05) is 27.2 Å². The Hall–Kier alpha value is -2.96. The number of hydrogen-bond donors (Lipinski definition) is 3. The van der Waals surface area contributed by atoms with Crippen LogP contribution in [-0.4, -0.2) is 66.0 Å². The maximum Gasteiger partial charge on any atom is 0.380 e. The zero-order valence-corrected chi connectivity index (χ0v) is 23.1. The summed E-state index contributed by atoms with van der Waals surface area (Å²) in [5, 5.41) is 10.5. The van der Waals surface area contributed by atoms with Gasteiger partial charge in [-0.15, -0.1) is 0 Å². The Morgan fingerprint density at radius 2 is 1.58 bits per heavy atom. The summed E-state index contributed by atoms with van der Waals surface area (Å²) in [5.41, 5.74) is 5.26. The van der Waals surface area contributed by atoms with Gasteiger partial charge in [0.15, 0.2) is 11.5 Å². The second-order valence-electron chi connectivity index (χ2n) is 6.47. The average molecular weight is 532 g/mol. The van der Waals surface area contributed by atoms with Crippen molar-refractivity contribution in [2.24, 2.45) is 5.73 Å². The Bertz CT molecular complexity index is 791. The molecule has 36 heavy (non-hydrogen) atoms. The third-order valence-electron chi connectivity index (χ3n) is 3.61. The number of unbranched alkanes of at least 4 members (excludes halogenated alkanes) is 1. The molecule has 0 saturated carbocycles. The molecule has 0 unspecified atom stereocenters. The van der Waals surface area contributed by atoms with E-state index in [2.05, 4.69) is 11.1 Å². The number of carbonyl (C=O) groups is 5. The molecule has 0 aliphatic carbocycles. The summed E-state index contributed by atoms with van der Waals surface area (Å²) >= 11 is 0.737. The molecule has 1 rings (SSSR count). The van der Waals surface area contributed by atoms with Crippen molar-refractivity contribution < 1.29 is 38.6 Å². The standard InChI is InChI=1S/C19H26N2O7S.C2H4O.C2H6.CH5N/c1-13(22)27-16-8-6-15(12-17(16)28-14(2)23)7-9-18(24)20-10-4-5-11-21(3)29-19(25)26;1-2-3;2*1-2/h6,8,12H,4-5,7,9-11H2,1-3H3,(H,20,24)(H,25,26);2H,1H3;1-2H3;2H2,1H3. The van der Waals surface area contributed by atoms with Gasteiger partial charge in [-0.25, -0.2) is 9.10 Å². The van der Waals surface area contributed by atoms with Gasteiger partial charge in [0, 0.05) is 45.3 Å². The fraction of sp³-hybridized carbons (Fsp3) is 0.542. The van der Waals surface area contributed by atoms with Crippen LogP contribution in [0.5, 0.6) is 11.5 Å². The molecule has 0 atom stereocenters. The molecule has 0 bridgehead atoms. The number of nitrogens with two attached hydrogens (primary N) is 1. The van der Waals surface area contributed by atoms with Crippen molar-refractivity contribution in [3.05, 3.63) is 23.8 Å². The second-order valence-corrected chi connectivity index (χ2v) is 7.63. The molecule has 1 aromatic rings. The molecule has 0 saturated heterocycles. The zero-order valence-electron chi connectivity index (χ0n) is 22.3. The molecule has 0 aromatic heterocycles. The van der Waals surface area contributed by atoms with Gasteiger partial charge in [-0.05, 0) is 58.0 Å². The van der Waals surface area contributed by atoms with Crippen LogP contribution in [0.3, 0.4) is 0 Å². The third-order valence-corrected chi connectivity index (χ3v) is 4.26. The van der Waals surface area contributed by atoms with Gasteiger partial charge in [0.1, 0.15) is 6.29 Å². The van der Waals surface area contributed by atoms with E-state index in [1.165, 1.54) is 33.9 Å². The Balaban J connectivity index is -0.00000141. The molecule has 0 heterocycles.